The van der Waals surface area contributed by atoms with Crippen LogP contribution in [0.2, 0.25) is 5.02 Å². The van der Waals surface area contributed by atoms with E-state index in [1.54, 1.807) is 6.33 Å². The second-order valence-electron chi connectivity index (χ2n) is 10.2. The molecule has 0 unspecified atom stereocenters. The zero-order valence-electron chi connectivity index (χ0n) is 20.9. The highest BCUT2D eigenvalue weighted by molar-refractivity contribution is 6.31. The summed E-state index contributed by atoms with van der Waals surface area (Å²) in [6.07, 6.45) is 3.97. The number of anilines is 1. The summed E-state index contributed by atoms with van der Waals surface area (Å²) in [6, 6.07) is 5.16. The highest BCUT2D eigenvalue weighted by Crippen LogP contribution is 2.27. The summed E-state index contributed by atoms with van der Waals surface area (Å²) in [5, 5.41) is 4.47. The van der Waals surface area contributed by atoms with E-state index in [2.05, 4.69) is 25.3 Å². The average Bonchev–Trinajstić information content (AvgIpc) is 3.55. The van der Waals surface area contributed by atoms with E-state index in [9.17, 15) is 9.59 Å². The van der Waals surface area contributed by atoms with E-state index in [0.29, 0.717) is 41.5 Å². The monoisotopic (exact) mass is 524 g/mol. The molecule has 194 valence electrons. The second kappa shape index (κ2) is 9.55. The van der Waals surface area contributed by atoms with Crippen molar-refractivity contribution in [1.29, 1.82) is 0 Å². The van der Waals surface area contributed by atoms with Crippen LogP contribution < -0.4 is 11.1 Å². The normalized spacial score (nSPS) is 16.0. The third-order valence-electron chi connectivity index (χ3n) is 6.24. The molecule has 1 aliphatic rings. The Labute approximate surface area is 218 Å². The van der Waals surface area contributed by atoms with Crippen LogP contribution in [0.4, 0.5) is 10.6 Å². The average molecular weight is 525 g/mol. The van der Waals surface area contributed by atoms with Crippen molar-refractivity contribution in [3.63, 3.8) is 0 Å². The summed E-state index contributed by atoms with van der Waals surface area (Å²) in [6.45, 7) is 6.67. The third-order valence-corrected chi connectivity index (χ3v) is 6.46. The van der Waals surface area contributed by atoms with E-state index in [1.165, 1.54) is 11.2 Å². The van der Waals surface area contributed by atoms with Crippen molar-refractivity contribution in [2.75, 3.05) is 12.3 Å². The summed E-state index contributed by atoms with van der Waals surface area (Å²) < 4.78 is 7.35. The van der Waals surface area contributed by atoms with Gasteiger partial charge >= 0.3 is 6.09 Å². The molecule has 0 spiro atoms. The van der Waals surface area contributed by atoms with E-state index in [1.807, 2.05) is 43.5 Å². The molecule has 1 aliphatic heterocycles. The van der Waals surface area contributed by atoms with Crippen molar-refractivity contribution >= 4 is 51.5 Å². The number of hydrogen-bond donors (Lipinski definition) is 3. The summed E-state index contributed by atoms with van der Waals surface area (Å²) in [7, 11) is 0. The molecule has 11 nitrogen and oxygen atoms in total. The van der Waals surface area contributed by atoms with E-state index in [-0.39, 0.29) is 12.5 Å². The summed E-state index contributed by atoms with van der Waals surface area (Å²) in [5.41, 5.74) is 9.12. The van der Waals surface area contributed by atoms with Gasteiger partial charge in [0, 0.05) is 22.6 Å². The number of amides is 2. The number of benzene rings is 1. The number of nitrogens with two attached hydrogens (primary N) is 1. The molecule has 1 aromatic carbocycles. The first kappa shape index (κ1) is 24.8. The Morgan fingerprint density at radius 2 is 2.05 bits per heavy atom. The molecule has 37 heavy (non-hydrogen) atoms. The van der Waals surface area contributed by atoms with Gasteiger partial charge in [-0.25, -0.2) is 19.7 Å². The molecule has 1 saturated heterocycles. The number of carbonyl (C=O) groups excluding carboxylic acids is 2. The number of nitrogens with one attached hydrogen (secondary N) is 2. The molecule has 3 aromatic heterocycles. The highest BCUT2D eigenvalue weighted by atomic mass is 35.5. The molecule has 0 saturated carbocycles. The van der Waals surface area contributed by atoms with Crippen LogP contribution >= 0.6 is 11.6 Å². The van der Waals surface area contributed by atoms with Gasteiger partial charge in [0.1, 0.15) is 23.5 Å². The quantitative estimate of drug-likeness (QED) is 0.361. The van der Waals surface area contributed by atoms with Crippen LogP contribution in [0.15, 0.2) is 30.9 Å². The number of likely N-dealkylation sites (tertiary alicyclic amines) is 1. The number of aromatic nitrogens is 5. The van der Waals surface area contributed by atoms with Gasteiger partial charge in [-0.15, -0.1) is 0 Å². The number of carbonyl (C=O) groups is 2. The van der Waals surface area contributed by atoms with Crippen molar-refractivity contribution in [3.8, 4) is 0 Å². The van der Waals surface area contributed by atoms with Crippen molar-refractivity contribution in [1.82, 2.24) is 34.7 Å². The van der Waals surface area contributed by atoms with Crippen LogP contribution in [-0.2, 0) is 22.6 Å². The molecule has 12 heteroatoms. The van der Waals surface area contributed by atoms with Gasteiger partial charge in [-0.2, -0.15) is 0 Å². The van der Waals surface area contributed by atoms with E-state index < -0.39 is 17.7 Å². The molecular weight excluding hydrogens is 496 g/mol. The Morgan fingerprint density at radius 1 is 1.24 bits per heavy atom. The molecule has 5 rings (SSSR count). The van der Waals surface area contributed by atoms with Crippen LogP contribution in [0.3, 0.4) is 0 Å². The predicted octanol–water partition coefficient (Wildman–Crippen LogP) is 3.61. The minimum absolute atomic E-state index is 0.206. The number of nitrogen functional groups attached to an aromatic ring is 1. The number of halogens is 1. The fourth-order valence-electron chi connectivity index (χ4n) is 4.63. The number of rotatable bonds is 5. The lowest BCUT2D eigenvalue weighted by atomic mass is 10.1. The zero-order valence-corrected chi connectivity index (χ0v) is 21.7. The molecule has 4 heterocycles. The molecule has 2 amide bonds. The van der Waals surface area contributed by atoms with Crippen molar-refractivity contribution in [3.05, 3.63) is 47.1 Å². The molecule has 0 radical (unpaired) electrons. The van der Waals surface area contributed by atoms with Gasteiger partial charge in [0.2, 0.25) is 5.91 Å². The summed E-state index contributed by atoms with van der Waals surface area (Å²) in [5.74, 6) is 0.118. The number of imidazole rings is 1. The lowest BCUT2D eigenvalue weighted by Crippen LogP contribution is -2.47. The smallest absolute Gasteiger partial charge is 0.410 e. The topological polar surface area (TPSA) is 144 Å². The lowest BCUT2D eigenvalue weighted by Gasteiger charge is -2.28. The fraction of sp³-hybridized carbons (Fsp3) is 0.400. The van der Waals surface area contributed by atoms with E-state index in [0.717, 1.165) is 28.6 Å². The number of hydrogen-bond acceptors (Lipinski definition) is 7. The van der Waals surface area contributed by atoms with Gasteiger partial charge in [0.15, 0.2) is 11.5 Å². The SMILES string of the molecule is CC(C)(C)OC(=O)N1CCC[C@H]1C(=O)NCc1cc2cc(Cl)cc(Cn3cnc4c(N)ncnc43)c2[nH]1. The first-order chi connectivity index (χ1) is 17.6. The first-order valence-electron chi connectivity index (χ1n) is 12.1. The fourth-order valence-corrected chi connectivity index (χ4v) is 4.88. The Morgan fingerprint density at radius 3 is 2.84 bits per heavy atom. The molecule has 1 fully saturated rings. The molecule has 1 atom stereocenters. The number of fused-ring (bicyclic) bond motifs is 2. The number of nitrogens with zero attached hydrogens (tertiary/aromatic N) is 5. The third kappa shape index (κ3) is 5.17. The van der Waals surface area contributed by atoms with Crippen LogP contribution in [0.5, 0.6) is 0 Å². The van der Waals surface area contributed by atoms with Crippen LogP contribution in [0, 0.1) is 0 Å². The van der Waals surface area contributed by atoms with Crippen molar-refractivity contribution in [2.24, 2.45) is 0 Å². The minimum atomic E-state index is -0.618. The Hall–Kier alpha value is -3.86. The molecule has 4 aromatic rings. The molecule has 4 N–H and O–H groups in total. The van der Waals surface area contributed by atoms with Crippen molar-refractivity contribution < 1.29 is 14.3 Å². The number of aromatic amines is 1. The van der Waals surface area contributed by atoms with E-state index in [4.69, 9.17) is 22.1 Å². The summed E-state index contributed by atoms with van der Waals surface area (Å²) in [4.78, 5) is 43.1. The van der Waals surface area contributed by atoms with E-state index >= 15 is 0 Å². The van der Waals surface area contributed by atoms with Crippen LogP contribution in [0.1, 0.15) is 44.9 Å². The minimum Gasteiger partial charge on any atom is -0.444 e. The first-order valence-corrected chi connectivity index (χ1v) is 12.5. The lowest BCUT2D eigenvalue weighted by molar-refractivity contribution is -0.125. The summed E-state index contributed by atoms with van der Waals surface area (Å²) >= 11 is 6.42. The second-order valence-corrected chi connectivity index (χ2v) is 10.6. The number of ether oxygens (including phenoxy) is 1. The maximum absolute atomic E-state index is 13.0. The number of H-pyrrole nitrogens is 1. The predicted molar refractivity (Wildman–Crippen MR) is 140 cm³/mol. The highest BCUT2D eigenvalue weighted by Gasteiger charge is 2.36. The maximum Gasteiger partial charge on any atom is 0.410 e. The largest absolute Gasteiger partial charge is 0.444 e. The van der Waals surface area contributed by atoms with Gasteiger partial charge in [-0.3, -0.25) is 9.69 Å². The standard InChI is InChI=1S/C25H29ClN8O3/c1-25(2,3)37-24(36)34-6-4-5-18(34)23(35)28-10-17-9-14-7-16(26)8-15(19(14)32-17)11-33-13-31-20-21(27)29-12-30-22(20)33/h7-9,12-13,18,32H,4-6,10-11H2,1-3H3,(H,28,35)(H2,27,29,30)/t18-/m0/s1. The molecular formula is C25H29ClN8O3. The van der Waals surface area contributed by atoms with Gasteiger partial charge in [0.25, 0.3) is 0 Å². The van der Waals surface area contributed by atoms with Crippen molar-refractivity contribution in [2.45, 2.75) is 58.3 Å². The molecule has 0 aliphatic carbocycles. The Balaban J connectivity index is 1.32. The Bertz CT molecular complexity index is 1490. The van der Waals surface area contributed by atoms with Gasteiger partial charge in [-0.05, 0) is 57.4 Å². The maximum atomic E-state index is 13.0. The van der Waals surface area contributed by atoms with Crippen LogP contribution in [-0.4, -0.2) is 59.6 Å². The Kier molecular flexibility index (Phi) is 6.40. The van der Waals surface area contributed by atoms with Gasteiger partial charge in [0.05, 0.1) is 24.9 Å². The van der Waals surface area contributed by atoms with Gasteiger partial charge < -0.3 is 25.3 Å². The molecule has 0 bridgehead atoms. The van der Waals surface area contributed by atoms with Crippen LogP contribution in [0.25, 0.3) is 22.1 Å². The van der Waals surface area contributed by atoms with Gasteiger partial charge in [-0.1, -0.05) is 11.6 Å². The zero-order chi connectivity index (χ0) is 26.3.